The summed E-state index contributed by atoms with van der Waals surface area (Å²) in [5.41, 5.74) is 12.5. The smallest absolute Gasteiger partial charge is 0.190 e. The Hall–Kier alpha value is -2.67. The Balaban J connectivity index is 1.49. The van der Waals surface area contributed by atoms with Gasteiger partial charge in [-0.3, -0.25) is 0 Å². The van der Waals surface area contributed by atoms with Crippen molar-refractivity contribution in [3.05, 3.63) is 72.7 Å². The van der Waals surface area contributed by atoms with Crippen LogP contribution in [0.4, 0.5) is 0 Å². The summed E-state index contributed by atoms with van der Waals surface area (Å²) in [6, 6.07) is 16.9. The molecule has 0 saturated heterocycles. The molecule has 146 valence electrons. The number of nitrogens with zero attached hydrogens (tertiary/aromatic N) is 3. The van der Waals surface area contributed by atoms with Crippen LogP contribution in [0.15, 0.2) is 72.0 Å². The fourth-order valence-electron chi connectivity index (χ4n) is 3.58. The van der Waals surface area contributed by atoms with Crippen molar-refractivity contribution in [1.29, 1.82) is 0 Å². The van der Waals surface area contributed by atoms with E-state index in [2.05, 4.69) is 59.9 Å². The van der Waals surface area contributed by atoms with Crippen molar-refractivity contribution in [2.24, 2.45) is 5.73 Å². The van der Waals surface area contributed by atoms with Gasteiger partial charge in [0.1, 0.15) is 6.26 Å². The molecule has 4 aromatic rings. The molecule has 5 rings (SSSR count). The van der Waals surface area contributed by atoms with Gasteiger partial charge in [-0.15, -0.1) is 0 Å². The molecule has 1 atom stereocenters. The number of hydrogen-bond donors (Lipinski definition) is 1. The highest BCUT2D eigenvalue weighted by atomic mass is 32.2. The quantitative estimate of drug-likeness (QED) is 0.508. The van der Waals surface area contributed by atoms with E-state index in [9.17, 15) is 0 Å². The summed E-state index contributed by atoms with van der Waals surface area (Å²) in [6.45, 7) is 0. The lowest BCUT2D eigenvalue weighted by molar-refractivity contribution is 0.476. The lowest BCUT2D eigenvalue weighted by Gasteiger charge is -2.10. The minimum Gasteiger partial charge on any atom is -0.321 e. The van der Waals surface area contributed by atoms with Crippen LogP contribution in [0.1, 0.15) is 18.4 Å². The maximum atomic E-state index is 6.29. The first kappa shape index (κ1) is 18.4. The van der Waals surface area contributed by atoms with Crippen LogP contribution in [0.2, 0.25) is 0 Å². The highest BCUT2D eigenvalue weighted by Crippen LogP contribution is 2.42. The molecular formula is C23H23N4OS+. The van der Waals surface area contributed by atoms with E-state index in [1.807, 2.05) is 23.1 Å². The van der Waals surface area contributed by atoms with Crippen molar-refractivity contribution in [2.75, 3.05) is 13.4 Å². The van der Waals surface area contributed by atoms with Crippen molar-refractivity contribution < 1.29 is 4.18 Å². The molecule has 2 aromatic heterocycles. The van der Waals surface area contributed by atoms with Gasteiger partial charge in [-0.1, -0.05) is 36.4 Å². The first-order chi connectivity index (χ1) is 14.1. The van der Waals surface area contributed by atoms with Crippen LogP contribution in [-0.4, -0.2) is 28.0 Å². The zero-order valence-corrected chi connectivity index (χ0v) is 17.3. The van der Waals surface area contributed by atoms with Gasteiger partial charge in [0.2, 0.25) is 0 Å². The van der Waals surface area contributed by atoms with Crippen molar-refractivity contribution in [3.63, 3.8) is 0 Å². The lowest BCUT2D eigenvalue weighted by atomic mass is 10.0. The van der Waals surface area contributed by atoms with Crippen molar-refractivity contribution >= 4 is 16.8 Å². The topological polar surface area (TPSA) is 65.4 Å². The summed E-state index contributed by atoms with van der Waals surface area (Å²) in [5.74, 6) is 0. The third kappa shape index (κ3) is 3.33. The monoisotopic (exact) mass is 403 g/mol. The van der Waals surface area contributed by atoms with Crippen LogP contribution < -0.4 is 5.73 Å². The summed E-state index contributed by atoms with van der Waals surface area (Å²) in [5, 5.41) is 4.55. The van der Waals surface area contributed by atoms with Gasteiger partial charge in [0.05, 0.1) is 13.3 Å². The molecule has 0 spiro atoms. The molecule has 0 aliphatic heterocycles. The Morgan fingerprint density at radius 2 is 1.83 bits per heavy atom. The fraction of sp³-hybridized carbons (Fsp3) is 0.217. The van der Waals surface area contributed by atoms with Gasteiger partial charge in [-0.25, -0.2) is 9.50 Å². The molecule has 2 N–H and O–H groups in total. The molecule has 1 fully saturated rings. The average Bonchev–Trinajstić information content (AvgIpc) is 3.38. The summed E-state index contributed by atoms with van der Waals surface area (Å²) < 4.78 is 7.32. The lowest BCUT2D eigenvalue weighted by Crippen LogP contribution is -2.18. The van der Waals surface area contributed by atoms with Crippen LogP contribution in [0.5, 0.6) is 0 Å². The molecule has 2 aromatic carbocycles. The summed E-state index contributed by atoms with van der Waals surface area (Å²) in [4.78, 5) is 5.88. The second-order valence-electron chi connectivity index (χ2n) is 7.55. The highest BCUT2D eigenvalue weighted by molar-refractivity contribution is 7.91. The first-order valence-corrected chi connectivity index (χ1v) is 11.2. The van der Waals surface area contributed by atoms with Crippen LogP contribution >= 0.6 is 0 Å². The maximum absolute atomic E-state index is 6.29. The van der Waals surface area contributed by atoms with Crippen molar-refractivity contribution in [2.45, 2.75) is 23.3 Å². The third-order valence-electron chi connectivity index (χ3n) is 5.67. The molecule has 29 heavy (non-hydrogen) atoms. The normalized spacial score (nSPS) is 16.1. The van der Waals surface area contributed by atoms with Crippen LogP contribution in [0.25, 0.3) is 27.9 Å². The number of rotatable bonds is 5. The average molecular weight is 404 g/mol. The first-order valence-electron chi connectivity index (χ1n) is 9.61. The van der Waals surface area contributed by atoms with Gasteiger partial charge in [0, 0.05) is 35.1 Å². The van der Waals surface area contributed by atoms with E-state index in [0.29, 0.717) is 0 Å². The SMILES string of the molecule is CO[S+](C)c1cccc(-c2cnn3cc(-c4ccc(C5(N)CC5)cc4)cnc23)c1. The van der Waals surface area contributed by atoms with Gasteiger partial charge < -0.3 is 5.73 Å². The minimum atomic E-state index is -0.235. The molecule has 1 aliphatic rings. The third-order valence-corrected chi connectivity index (χ3v) is 7.08. The van der Waals surface area contributed by atoms with E-state index in [1.165, 1.54) is 5.56 Å². The Bertz CT molecular complexity index is 1180. The Morgan fingerprint density at radius 1 is 1.03 bits per heavy atom. The van der Waals surface area contributed by atoms with E-state index >= 15 is 0 Å². The molecule has 1 unspecified atom stereocenters. The van der Waals surface area contributed by atoms with Crippen LogP contribution in [0, 0.1) is 0 Å². The zero-order valence-electron chi connectivity index (χ0n) is 16.5. The molecule has 6 heteroatoms. The Morgan fingerprint density at radius 3 is 2.55 bits per heavy atom. The molecule has 0 bridgehead atoms. The summed E-state index contributed by atoms with van der Waals surface area (Å²) in [6.07, 6.45) is 10.0. The summed E-state index contributed by atoms with van der Waals surface area (Å²) >= 11 is -0.235. The Labute approximate surface area is 173 Å². The standard InChI is InChI=1S/C23H23N4OS/c1-28-29(2)20-5-3-4-17(12-20)21-14-26-27-15-18(13-25-22(21)27)16-6-8-19(9-7-16)23(24)10-11-23/h3-9,12-15H,10-11,24H2,1-2H3/q+1. The number of benzene rings is 2. The van der Waals surface area contributed by atoms with Crippen molar-refractivity contribution in [3.8, 4) is 22.3 Å². The second-order valence-corrected chi connectivity index (χ2v) is 9.26. The molecule has 0 radical (unpaired) electrons. The zero-order chi connectivity index (χ0) is 20.0. The second kappa shape index (κ2) is 6.99. The minimum absolute atomic E-state index is 0.104. The van der Waals surface area contributed by atoms with E-state index < -0.39 is 0 Å². The fourth-order valence-corrected chi connectivity index (χ4v) is 4.34. The predicted molar refractivity (Wildman–Crippen MR) is 118 cm³/mol. The maximum Gasteiger partial charge on any atom is 0.190 e. The molecule has 0 amide bonds. The van der Waals surface area contributed by atoms with E-state index in [-0.39, 0.29) is 16.7 Å². The van der Waals surface area contributed by atoms with Gasteiger partial charge >= 0.3 is 0 Å². The van der Waals surface area contributed by atoms with Crippen LogP contribution in [-0.2, 0) is 20.9 Å². The van der Waals surface area contributed by atoms with E-state index in [1.54, 1.807) is 7.11 Å². The molecule has 5 nitrogen and oxygen atoms in total. The Kier molecular flexibility index (Phi) is 4.42. The van der Waals surface area contributed by atoms with Crippen molar-refractivity contribution in [1.82, 2.24) is 14.6 Å². The number of fused-ring (bicyclic) bond motifs is 1. The van der Waals surface area contributed by atoms with E-state index in [0.717, 1.165) is 45.6 Å². The molecular weight excluding hydrogens is 380 g/mol. The largest absolute Gasteiger partial charge is 0.321 e. The van der Waals surface area contributed by atoms with Gasteiger partial charge in [0.15, 0.2) is 21.7 Å². The number of hydrogen-bond acceptors (Lipinski definition) is 4. The van der Waals surface area contributed by atoms with Gasteiger partial charge in [0.25, 0.3) is 0 Å². The predicted octanol–water partition coefficient (Wildman–Crippen LogP) is 4.18. The summed E-state index contributed by atoms with van der Waals surface area (Å²) in [7, 11) is 1.73. The molecule has 1 aliphatic carbocycles. The van der Waals surface area contributed by atoms with Gasteiger partial charge in [-0.2, -0.15) is 9.28 Å². The molecule has 2 heterocycles. The van der Waals surface area contributed by atoms with E-state index in [4.69, 9.17) is 14.9 Å². The number of aromatic nitrogens is 3. The molecule has 1 saturated carbocycles. The number of nitrogens with two attached hydrogens (primary N) is 1. The van der Waals surface area contributed by atoms with Crippen LogP contribution in [0.3, 0.4) is 0 Å². The van der Waals surface area contributed by atoms with Gasteiger partial charge in [-0.05, 0) is 35.6 Å². The highest BCUT2D eigenvalue weighted by Gasteiger charge is 2.39.